The molecule has 0 amide bonds. The highest BCUT2D eigenvalue weighted by Crippen LogP contribution is 2.47. The van der Waals surface area contributed by atoms with Crippen molar-refractivity contribution in [3.63, 3.8) is 0 Å². The van der Waals surface area contributed by atoms with Crippen LogP contribution in [-0.4, -0.2) is 21.8 Å². The fourth-order valence-corrected chi connectivity index (χ4v) is 3.82. The molecule has 0 radical (unpaired) electrons. The van der Waals surface area contributed by atoms with Crippen molar-refractivity contribution in [1.29, 1.82) is 0 Å². The van der Waals surface area contributed by atoms with Crippen molar-refractivity contribution in [2.75, 3.05) is 0 Å². The fourth-order valence-electron chi connectivity index (χ4n) is 3.82. The molecule has 0 fully saturated rings. The van der Waals surface area contributed by atoms with E-state index in [4.69, 9.17) is 0 Å². The summed E-state index contributed by atoms with van der Waals surface area (Å²) in [5, 5.41) is 22.4. The van der Waals surface area contributed by atoms with E-state index in [1.807, 2.05) is 73.6 Å². The minimum absolute atomic E-state index is 0.0995. The van der Waals surface area contributed by atoms with E-state index in [1.165, 1.54) is 0 Å². The van der Waals surface area contributed by atoms with Crippen molar-refractivity contribution >= 4 is 11.6 Å². The largest absolute Gasteiger partial charge is 0.511 e. The van der Waals surface area contributed by atoms with E-state index in [0.29, 0.717) is 31.6 Å². The Labute approximate surface area is 194 Å². The van der Waals surface area contributed by atoms with Crippen LogP contribution >= 0.6 is 0 Å². The average Bonchev–Trinajstić information content (AvgIpc) is 2.67. The van der Waals surface area contributed by atoms with Crippen molar-refractivity contribution in [2.24, 2.45) is 11.3 Å². The number of Topliss-reactive ketones (excluding diaryl/α,β-unsaturated/α-hetero) is 2. The molecule has 0 heterocycles. The van der Waals surface area contributed by atoms with E-state index < -0.39 is 11.2 Å². The van der Waals surface area contributed by atoms with Crippen LogP contribution in [0.3, 0.4) is 0 Å². The van der Waals surface area contributed by atoms with E-state index in [2.05, 4.69) is 0 Å². The molecule has 1 rings (SSSR count). The maximum atomic E-state index is 13.8. The predicted octanol–water partition coefficient (Wildman–Crippen LogP) is 7.64. The molecule has 4 heteroatoms. The van der Waals surface area contributed by atoms with Crippen molar-refractivity contribution < 1.29 is 19.8 Å². The topological polar surface area (TPSA) is 74.6 Å². The van der Waals surface area contributed by atoms with Crippen LogP contribution in [0.1, 0.15) is 93.9 Å². The zero-order valence-corrected chi connectivity index (χ0v) is 21.3. The molecule has 2 N–H and O–H groups in total. The normalized spacial score (nSPS) is 18.7. The van der Waals surface area contributed by atoms with Crippen molar-refractivity contribution in [2.45, 2.75) is 93.9 Å². The van der Waals surface area contributed by atoms with Gasteiger partial charge in [-0.15, -0.1) is 0 Å². The lowest BCUT2D eigenvalue weighted by Gasteiger charge is -2.36. The molecule has 32 heavy (non-hydrogen) atoms. The van der Waals surface area contributed by atoms with Crippen LogP contribution in [-0.2, 0) is 9.59 Å². The quantitative estimate of drug-likeness (QED) is 0.254. The Morgan fingerprint density at radius 2 is 1.50 bits per heavy atom. The van der Waals surface area contributed by atoms with Crippen molar-refractivity contribution in [1.82, 2.24) is 0 Å². The first-order valence-corrected chi connectivity index (χ1v) is 11.7. The van der Waals surface area contributed by atoms with Gasteiger partial charge in [-0.2, -0.15) is 0 Å². The van der Waals surface area contributed by atoms with E-state index in [9.17, 15) is 19.8 Å². The van der Waals surface area contributed by atoms with Gasteiger partial charge >= 0.3 is 0 Å². The molecule has 178 valence electrons. The van der Waals surface area contributed by atoms with Gasteiger partial charge < -0.3 is 10.2 Å². The zero-order valence-electron chi connectivity index (χ0n) is 21.3. The van der Waals surface area contributed by atoms with Crippen molar-refractivity contribution in [3.05, 3.63) is 57.6 Å². The van der Waals surface area contributed by atoms with Crippen LogP contribution in [0.25, 0.3) is 0 Å². The Hall–Kier alpha value is -2.36. The summed E-state index contributed by atoms with van der Waals surface area (Å²) in [6, 6.07) is 0. The first-order valence-electron chi connectivity index (χ1n) is 11.7. The standard InChI is InChI=1S/C28H42O4/c1-18(2)10-9-16-28(17-15-21(7)8)26(31)22(13-11-19(3)4)25(30)24(27(28)32)23(29)14-12-20(5)6/h10-11,15,20,30-31H,9,12-14,16-17H2,1-8H3/t28-/m1/s1. The first kappa shape index (κ1) is 27.7. The van der Waals surface area contributed by atoms with Gasteiger partial charge in [-0.25, -0.2) is 0 Å². The van der Waals surface area contributed by atoms with Gasteiger partial charge in [0.15, 0.2) is 11.6 Å². The van der Waals surface area contributed by atoms with E-state index in [-0.39, 0.29) is 41.3 Å². The minimum Gasteiger partial charge on any atom is -0.511 e. The number of rotatable bonds is 11. The summed E-state index contributed by atoms with van der Waals surface area (Å²) in [6.07, 6.45) is 8.25. The van der Waals surface area contributed by atoms with E-state index in [1.54, 1.807) is 0 Å². The number of carbonyl (C=O) groups is 2. The second kappa shape index (κ2) is 12.0. The molecule has 0 spiro atoms. The molecule has 0 aromatic rings. The molecule has 0 bridgehead atoms. The first-order chi connectivity index (χ1) is 14.8. The molecule has 1 aliphatic carbocycles. The van der Waals surface area contributed by atoms with Gasteiger partial charge in [0.1, 0.15) is 17.1 Å². The minimum atomic E-state index is -1.25. The number of hydrogen-bond donors (Lipinski definition) is 2. The Morgan fingerprint density at radius 3 is 2.00 bits per heavy atom. The third kappa shape index (κ3) is 7.08. The summed E-state index contributed by atoms with van der Waals surface area (Å²) in [5.41, 5.74) is 2.10. The van der Waals surface area contributed by atoms with Gasteiger partial charge in [-0.1, -0.05) is 48.8 Å². The molecular formula is C28H42O4. The number of aliphatic hydroxyl groups excluding tert-OH is 2. The third-order valence-corrected chi connectivity index (χ3v) is 5.85. The van der Waals surface area contributed by atoms with Gasteiger partial charge in [0, 0.05) is 12.0 Å². The Balaban J connectivity index is 3.71. The summed E-state index contributed by atoms with van der Waals surface area (Å²) < 4.78 is 0. The SMILES string of the molecule is CC(C)=CCC[C@]1(CC=C(C)C)C(=O)C(C(=O)CCC(C)C)=C(O)C(CC=C(C)C)=C1O. The van der Waals surface area contributed by atoms with Crippen LogP contribution in [0, 0.1) is 11.3 Å². The highest BCUT2D eigenvalue weighted by atomic mass is 16.3. The average molecular weight is 443 g/mol. The highest BCUT2D eigenvalue weighted by Gasteiger charge is 2.49. The predicted molar refractivity (Wildman–Crippen MR) is 133 cm³/mol. The Kier molecular flexibility index (Phi) is 10.4. The third-order valence-electron chi connectivity index (χ3n) is 5.85. The summed E-state index contributed by atoms with van der Waals surface area (Å²) >= 11 is 0. The molecule has 0 saturated heterocycles. The van der Waals surface area contributed by atoms with Gasteiger partial charge in [-0.3, -0.25) is 9.59 Å². The van der Waals surface area contributed by atoms with Gasteiger partial charge in [0.05, 0.1) is 5.41 Å². The molecule has 1 atom stereocenters. The number of hydrogen-bond acceptors (Lipinski definition) is 4. The van der Waals surface area contributed by atoms with Crippen LogP contribution in [0.5, 0.6) is 0 Å². The summed E-state index contributed by atoms with van der Waals surface area (Å²) in [6.45, 7) is 15.8. The molecule has 0 unspecified atom stereocenters. The molecule has 4 nitrogen and oxygen atoms in total. The number of allylic oxidation sites excluding steroid dienone is 9. The second-order valence-electron chi connectivity index (χ2n) is 10.1. The van der Waals surface area contributed by atoms with Crippen molar-refractivity contribution in [3.8, 4) is 0 Å². The maximum Gasteiger partial charge on any atom is 0.184 e. The van der Waals surface area contributed by atoms with Gasteiger partial charge in [0.2, 0.25) is 0 Å². The molecule has 0 aliphatic heterocycles. The van der Waals surface area contributed by atoms with Gasteiger partial charge in [-0.05, 0) is 79.6 Å². The monoisotopic (exact) mass is 442 g/mol. The second-order valence-corrected chi connectivity index (χ2v) is 10.1. The smallest absolute Gasteiger partial charge is 0.184 e. The van der Waals surface area contributed by atoms with E-state index >= 15 is 0 Å². The Bertz CT molecular complexity index is 865. The van der Waals surface area contributed by atoms with Crippen LogP contribution < -0.4 is 0 Å². The molecule has 0 saturated carbocycles. The lowest BCUT2D eigenvalue weighted by molar-refractivity contribution is -0.128. The highest BCUT2D eigenvalue weighted by molar-refractivity contribution is 6.24. The van der Waals surface area contributed by atoms with Crippen LogP contribution in [0.4, 0.5) is 0 Å². The zero-order chi connectivity index (χ0) is 24.6. The lowest BCUT2D eigenvalue weighted by atomic mass is 9.66. The summed E-state index contributed by atoms with van der Waals surface area (Å²) in [4.78, 5) is 27.0. The Morgan fingerprint density at radius 1 is 0.938 bits per heavy atom. The summed E-state index contributed by atoms with van der Waals surface area (Å²) in [7, 11) is 0. The van der Waals surface area contributed by atoms with Crippen LogP contribution in [0.15, 0.2) is 57.6 Å². The molecule has 1 aliphatic rings. The van der Waals surface area contributed by atoms with Crippen LogP contribution in [0.2, 0.25) is 0 Å². The van der Waals surface area contributed by atoms with E-state index in [0.717, 1.165) is 16.7 Å². The maximum absolute atomic E-state index is 13.8. The molecular weight excluding hydrogens is 400 g/mol. The number of aliphatic hydroxyl groups is 2. The van der Waals surface area contributed by atoms with Gasteiger partial charge in [0.25, 0.3) is 0 Å². The fraction of sp³-hybridized carbons (Fsp3) is 0.571. The number of carbonyl (C=O) groups excluding carboxylic acids is 2. The molecule has 0 aromatic carbocycles. The number of ketones is 2. The summed E-state index contributed by atoms with van der Waals surface area (Å²) in [5.74, 6) is -0.942. The molecule has 0 aromatic heterocycles. The lowest BCUT2D eigenvalue weighted by Crippen LogP contribution is -2.41.